The van der Waals surface area contributed by atoms with Gasteiger partial charge >= 0.3 is 0 Å². The van der Waals surface area contributed by atoms with Gasteiger partial charge in [-0.2, -0.15) is 0 Å². The molecule has 2 saturated heterocycles. The fourth-order valence-electron chi connectivity index (χ4n) is 8.09. The standard InChI is InChI=1S/C26H32N2O4/c1-25-17-9-7-15(13-17)19(25)21(29)27(23(25)31)11-5-3-4-6-12-28-22(30)20-16-8-10-18(14-16)26(20,2)24(28)32/h7-10,15-20H,3-6,11-14H2,1-2H3/t15-,16-,17-,18-,19-,20-,25-,26+/m0/s1. The molecule has 0 aromatic rings. The minimum absolute atomic E-state index is 0.0145. The molecule has 0 aromatic heterocycles. The molecular formula is C26H32N2O4. The molecule has 2 saturated carbocycles. The van der Waals surface area contributed by atoms with Crippen molar-refractivity contribution in [2.24, 2.45) is 46.3 Å². The van der Waals surface area contributed by atoms with Gasteiger partial charge in [-0.1, -0.05) is 37.1 Å². The number of fused-ring (bicyclic) bond motifs is 10. The van der Waals surface area contributed by atoms with Crippen LogP contribution < -0.4 is 0 Å². The topological polar surface area (TPSA) is 74.8 Å². The Balaban J connectivity index is 0.985. The molecule has 4 fully saturated rings. The van der Waals surface area contributed by atoms with Crippen LogP contribution in [0.25, 0.3) is 0 Å². The fraction of sp³-hybridized carbons (Fsp3) is 0.692. The lowest BCUT2D eigenvalue weighted by molar-refractivity contribution is -0.143. The van der Waals surface area contributed by atoms with Gasteiger partial charge in [-0.15, -0.1) is 0 Å². The SMILES string of the molecule is C[C@]12C(=O)N(CCCCCCN3C(=O)[C@@H]4[C@H]5C=C[C@@H](C5)[C@]4(C)C3=O)C(=O)[C@@H]1[C@H]1C=C[C@H]2C1. The predicted octanol–water partition coefficient (Wildman–Crippen LogP) is 2.94. The number of imide groups is 2. The van der Waals surface area contributed by atoms with E-state index in [0.717, 1.165) is 38.5 Å². The number of nitrogens with zero attached hydrogens (tertiary/aromatic N) is 2. The summed E-state index contributed by atoms with van der Waals surface area (Å²) in [6.07, 6.45) is 13.7. The maximum atomic E-state index is 13.0. The second-order valence-electron chi connectivity index (χ2n) is 11.3. The Bertz CT molecular complexity index is 906. The molecule has 32 heavy (non-hydrogen) atoms. The Morgan fingerprint density at radius 3 is 1.47 bits per heavy atom. The number of hydrogen-bond acceptors (Lipinski definition) is 4. The van der Waals surface area contributed by atoms with Gasteiger partial charge in [0, 0.05) is 13.1 Å². The van der Waals surface area contributed by atoms with E-state index in [4.69, 9.17) is 0 Å². The Labute approximate surface area is 189 Å². The van der Waals surface area contributed by atoms with Gasteiger partial charge in [-0.05, 0) is 63.2 Å². The van der Waals surface area contributed by atoms with Crippen molar-refractivity contribution in [2.45, 2.75) is 52.4 Å². The van der Waals surface area contributed by atoms with Crippen LogP contribution in [0.3, 0.4) is 0 Å². The number of likely N-dealkylation sites (tertiary alicyclic amines) is 2. The molecule has 0 radical (unpaired) electrons. The Hall–Kier alpha value is -2.24. The highest BCUT2D eigenvalue weighted by molar-refractivity contribution is 6.09. The van der Waals surface area contributed by atoms with Gasteiger partial charge in [0.15, 0.2) is 0 Å². The van der Waals surface area contributed by atoms with E-state index in [1.165, 1.54) is 9.80 Å². The molecule has 4 amide bonds. The molecule has 6 heteroatoms. The van der Waals surface area contributed by atoms with E-state index in [2.05, 4.69) is 24.3 Å². The van der Waals surface area contributed by atoms with Gasteiger partial charge in [0.1, 0.15) is 0 Å². The molecule has 2 heterocycles. The number of amides is 4. The monoisotopic (exact) mass is 436 g/mol. The van der Waals surface area contributed by atoms with Crippen molar-refractivity contribution < 1.29 is 19.2 Å². The molecule has 0 N–H and O–H groups in total. The summed E-state index contributed by atoms with van der Waals surface area (Å²) < 4.78 is 0. The number of hydrogen-bond donors (Lipinski definition) is 0. The van der Waals surface area contributed by atoms with Gasteiger partial charge in [-0.25, -0.2) is 0 Å². The molecule has 2 aliphatic heterocycles. The van der Waals surface area contributed by atoms with Gasteiger partial charge in [0.25, 0.3) is 0 Å². The Morgan fingerprint density at radius 2 is 1.09 bits per heavy atom. The van der Waals surface area contributed by atoms with Gasteiger partial charge in [-0.3, -0.25) is 29.0 Å². The van der Waals surface area contributed by atoms with Crippen LogP contribution in [0.2, 0.25) is 0 Å². The number of allylic oxidation sites excluding steroid dienone is 4. The first-order valence-corrected chi connectivity index (χ1v) is 12.4. The second kappa shape index (κ2) is 6.64. The summed E-state index contributed by atoms with van der Waals surface area (Å²) in [5.41, 5.74) is -1.06. The first-order valence-electron chi connectivity index (χ1n) is 12.4. The summed E-state index contributed by atoms with van der Waals surface area (Å²) in [7, 11) is 0. The van der Waals surface area contributed by atoms with Crippen molar-refractivity contribution in [3.63, 3.8) is 0 Å². The summed E-state index contributed by atoms with van der Waals surface area (Å²) >= 11 is 0. The third-order valence-corrected chi connectivity index (χ3v) is 9.91. The smallest absolute Gasteiger partial charge is 0.236 e. The van der Waals surface area contributed by atoms with Crippen LogP contribution in [0, 0.1) is 46.3 Å². The zero-order valence-corrected chi connectivity index (χ0v) is 19.0. The van der Waals surface area contributed by atoms with Crippen LogP contribution in [-0.2, 0) is 19.2 Å². The molecule has 4 aliphatic carbocycles. The largest absolute Gasteiger partial charge is 0.282 e. The number of carbonyl (C=O) groups is 4. The third kappa shape index (κ3) is 2.31. The predicted molar refractivity (Wildman–Crippen MR) is 117 cm³/mol. The lowest BCUT2D eigenvalue weighted by atomic mass is 9.71. The third-order valence-electron chi connectivity index (χ3n) is 9.91. The first kappa shape index (κ1) is 20.4. The van der Waals surface area contributed by atoms with E-state index in [1.54, 1.807) is 0 Å². The lowest BCUT2D eigenvalue weighted by Gasteiger charge is -2.28. The van der Waals surface area contributed by atoms with Gasteiger partial charge < -0.3 is 0 Å². The molecule has 0 aromatic carbocycles. The molecule has 4 bridgehead atoms. The molecule has 6 nitrogen and oxygen atoms in total. The lowest BCUT2D eigenvalue weighted by Crippen LogP contribution is -2.38. The molecular weight excluding hydrogens is 404 g/mol. The van der Waals surface area contributed by atoms with Gasteiger partial charge in [0.05, 0.1) is 22.7 Å². The van der Waals surface area contributed by atoms with Crippen LogP contribution in [-0.4, -0.2) is 46.5 Å². The minimum Gasteiger partial charge on any atom is -0.282 e. The quantitative estimate of drug-likeness (QED) is 0.349. The van der Waals surface area contributed by atoms with Crippen molar-refractivity contribution in [1.29, 1.82) is 0 Å². The van der Waals surface area contributed by atoms with Crippen LogP contribution in [0.1, 0.15) is 52.4 Å². The van der Waals surface area contributed by atoms with Crippen molar-refractivity contribution in [2.75, 3.05) is 13.1 Å². The molecule has 6 aliphatic rings. The molecule has 8 atom stereocenters. The second-order valence-corrected chi connectivity index (χ2v) is 11.3. The van der Waals surface area contributed by atoms with Crippen molar-refractivity contribution >= 4 is 23.6 Å². The summed E-state index contributed by atoms with van der Waals surface area (Å²) in [6, 6.07) is 0. The highest BCUT2D eigenvalue weighted by atomic mass is 16.2. The van der Waals surface area contributed by atoms with Crippen LogP contribution in [0.4, 0.5) is 0 Å². The zero-order chi connectivity index (χ0) is 22.4. The van der Waals surface area contributed by atoms with E-state index in [0.29, 0.717) is 13.1 Å². The van der Waals surface area contributed by atoms with E-state index in [9.17, 15) is 19.2 Å². The van der Waals surface area contributed by atoms with Gasteiger partial charge in [0.2, 0.25) is 23.6 Å². The maximum Gasteiger partial charge on any atom is 0.236 e. The van der Waals surface area contributed by atoms with Crippen molar-refractivity contribution in [3.8, 4) is 0 Å². The molecule has 6 rings (SSSR count). The minimum atomic E-state index is -0.532. The average molecular weight is 437 g/mol. The number of unbranched alkanes of at least 4 members (excludes halogenated alkanes) is 3. The van der Waals surface area contributed by atoms with Crippen LogP contribution in [0.5, 0.6) is 0 Å². The van der Waals surface area contributed by atoms with E-state index in [-0.39, 0.29) is 59.1 Å². The van der Waals surface area contributed by atoms with Crippen LogP contribution in [0.15, 0.2) is 24.3 Å². The Morgan fingerprint density at radius 1 is 0.688 bits per heavy atom. The summed E-state index contributed by atoms with van der Waals surface area (Å²) in [6.45, 7) is 4.93. The summed E-state index contributed by atoms with van der Waals surface area (Å²) in [5.74, 6) is 0.619. The number of carbonyl (C=O) groups excluding carboxylic acids is 4. The maximum absolute atomic E-state index is 13.0. The highest BCUT2D eigenvalue weighted by Crippen LogP contribution is 2.61. The summed E-state index contributed by atoms with van der Waals surface area (Å²) in [4.78, 5) is 55.0. The average Bonchev–Trinajstić information content (AvgIpc) is 3.57. The van der Waals surface area contributed by atoms with E-state index in [1.807, 2.05) is 13.8 Å². The number of rotatable bonds is 7. The van der Waals surface area contributed by atoms with Crippen molar-refractivity contribution in [1.82, 2.24) is 9.80 Å². The van der Waals surface area contributed by atoms with Crippen LogP contribution >= 0.6 is 0 Å². The Kier molecular flexibility index (Phi) is 4.23. The van der Waals surface area contributed by atoms with E-state index < -0.39 is 10.8 Å². The molecule has 0 unspecified atom stereocenters. The molecule has 0 spiro atoms. The molecule has 170 valence electrons. The summed E-state index contributed by atoms with van der Waals surface area (Å²) in [5, 5.41) is 0. The zero-order valence-electron chi connectivity index (χ0n) is 19.0. The van der Waals surface area contributed by atoms with E-state index >= 15 is 0 Å². The fourth-order valence-corrected chi connectivity index (χ4v) is 8.09. The van der Waals surface area contributed by atoms with Crippen molar-refractivity contribution in [3.05, 3.63) is 24.3 Å². The highest BCUT2D eigenvalue weighted by Gasteiger charge is 2.68. The normalized spacial score (nSPS) is 45.2. The first-order chi connectivity index (χ1) is 15.3.